The maximum atomic E-state index is 13.9. The number of nitrogens with one attached hydrogen (secondary N) is 2. The number of anilines is 1. The van der Waals surface area contributed by atoms with E-state index >= 15 is 0 Å². The van der Waals surface area contributed by atoms with Crippen molar-refractivity contribution in [2.75, 3.05) is 31.6 Å². The van der Waals surface area contributed by atoms with Crippen LogP contribution in [-0.2, 0) is 0 Å². The van der Waals surface area contributed by atoms with E-state index in [1.54, 1.807) is 7.05 Å². The summed E-state index contributed by atoms with van der Waals surface area (Å²) in [5.74, 6) is -0.446. The number of piperidine rings is 1. The van der Waals surface area contributed by atoms with Crippen molar-refractivity contribution in [1.29, 1.82) is 0 Å². The molecule has 2 N–H and O–H groups in total. The van der Waals surface area contributed by atoms with E-state index in [1.807, 2.05) is 13.0 Å². The smallest absolute Gasteiger partial charge is 0.191 e. The van der Waals surface area contributed by atoms with E-state index in [1.165, 1.54) is 17.8 Å². The number of aliphatic imine (C=N–C) groups is 1. The van der Waals surface area contributed by atoms with Gasteiger partial charge >= 0.3 is 0 Å². The molecular weight excluding hydrogens is 358 g/mol. The number of nitrogens with zero attached hydrogens (tertiary/aromatic N) is 2. The molecule has 0 bridgehead atoms. The number of halogens is 2. The Hall–Kier alpha value is -2.63. The van der Waals surface area contributed by atoms with E-state index in [4.69, 9.17) is 0 Å². The predicted molar refractivity (Wildman–Crippen MR) is 111 cm³/mol. The molecule has 1 saturated heterocycles. The van der Waals surface area contributed by atoms with Gasteiger partial charge in [0.15, 0.2) is 5.96 Å². The first-order valence-electron chi connectivity index (χ1n) is 9.79. The first kappa shape index (κ1) is 20.1. The lowest BCUT2D eigenvalue weighted by Gasteiger charge is -2.34. The number of guanidine groups is 1. The quantitative estimate of drug-likeness (QED) is 0.605. The highest BCUT2D eigenvalue weighted by Crippen LogP contribution is 2.20. The highest BCUT2D eigenvalue weighted by Gasteiger charge is 2.20. The van der Waals surface area contributed by atoms with Crippen LogP contribution in [0.2, 0.25) is 0 Å². The second-order valence-corrected chi connectivity index (χ2v) is 7.26. The monoisotopic (exact) mass is 386 g/mol. The summed E-state index contributed by atoms with van der Waals surface area (Å²) in [6, 6.07) is 14.5. The van der Waals surface area contributed by atoms with Crippen LogP contribution in [0.3, 0.4) is 0 Å². The second kappa shape index (κ2) is 9.53. The Morgan fingerprint density at radius 3 is 2.50 bits per heavy atom. The zero-order chi connectivity index (χ0) is 19.9. The summed E-state index contributed by atoms with van der Waals surface area (Å²) < 4.78 is 27.0. The van der Waals surface area contributed by atoms with Crippen LogP contribution in [0.5, 0.6) is 0 Å². The molecule has 4 nitrogen and oxygen atoms in total. The molecule has 1 unspecified atom stereocenters. The van der Waals surface area contributed by atoms with Crippen molar-refractivity contribution in [2.45, 2.75) is 31.7 Å². The van der Waals surface area contributed by atoms with Crippen molar-refractivity contribution >= 4 is 11.6 Å². The number of rotatable bonds is 5. The van der Waals surface area contributed by atoms with Crippen LogP contribution in [0.25, 0.3) is 0 Å². The van der Waals surface area contributed by atoms with Crippen LogP contribution >= 0.6 is 0 Å². The highest BCUT2D eigenvalue weighted by atomic mass is 19.1. The first-order chi connectivity index (χ1) is 13.6. The Morgan fingerprint density at radius 2 is 1.86 bits per heavy atom. The molecule has 0 radical (unpaired) electrons. The molecule has 1 aliphatic heterocycles. The summed E-state index contributed by atoms with van der Waals surface area (Å²) >= 11 is 0. The summed E-state index contributed by atoms with van der Waals surface area (Å²) in [6.45, 7) is 4.42. The van der Waals surface area contributed by atoms with Gasteiger partial charge in [-0.1, -0.05) is 31.2 Å². The average Bonchev–Trinajstić information content (AvgIpc) is 2.72. The molecule has 0 aromatic heterocycles. The predicted octanol–water partition coefficient (Wildman–Crippen LogP) is 3.90. The van der Waals surface area contributed by atoms with Crippen LogP contribution in [-0.4, -0.2) is 38.7 Å². The largest absolute Gasteiger partial charge is 0.371 e. The van der Waals surface area contributed by atoms with Crippen LogP contribution in [0.15, 0.2) is 53.5 Å². The number of benzene rings is 2. The van der Waals surface area contributed by atoms with Crippen LogP contribution in [0.1, 0.15) is 31.2 Å². The Balaban J connectivity index is 1.47. The highest BCUT2D eigenvalue weighted by molar-refractivity contribution is 5.80. The molecule has 6 heteroatoms. The zero-order valence-electron chi connectivity index (χ0n) is 16.5. The minimum absolute atomic E-state index is 0.0981. The van der Waals surface area contributed by atoms with Crippen molar-refractivity contribution < 1.29 is 8.78 Å². The van der Waals surface area contributed by atoms with Crippen LogP contribution in [0.4, 0.5) is 14.5 Å². The van der Waals surface area contributed by atoms with Crippen LogP contribution < -0.4 is 15.5 Å². The van der Waals surface area contributed by atoms with E-state index in [0.29, 0.717) is 24.1 Å². The lowest BCUT2D eigenvalue weighted by atomic mass is 10.0. The van der Waals surface area contributed by atoms with Gasteiger partial charge in [0, 0.05) is 50.4 Å². The summed E-state index contributed by atoms with van der Waals surface area (Å²) in [7, 11) is 1.73. The molecule has 3 rings (SSSR count). The van der Waals surface area contributed by atoms with E-state index < -0.39 is 11.6 Å². The third-order valence-electron chi connectivity index (χ3n) is 5.25. The van der Waals surface area contributed by atoms with Crippen molar-refractivity contribution in [3.05, 3.63) is 65.7 Å². The van der Waals surface area contributed by atoms with Gasteiger partial charge in [0.1, 0.15) is 11.6 Å². The van der Waals surface area contributed by atoms with Gasteiger partial charge in [-0.3, -0.25) is 4.99 Å². The topological polar surface area (TPSA) is 39.7 Å². The molecular formula is C22H28F2N4. The number of hydrogen-bond donors (Lipinski definition) is 2. The van der Waals surface area contributed by atoms with Gasteiger partial charge < -0.3 is 15.5 Å². The molecule has 2 aromatic carbocycles. The molecule has 150 valence electrons. The minimum Gasteiger partial charge on any atom is -0.371 e. The molecule has 2 aromatic rings. The summed E-state index contributed by atoms with van der Waals surface area (Å²) in [4.78, 5) is 6.69. The Labute approximate surface area is 165 Å². The second-order valence-electron chi connectivity index (χ2n) is 7.26. The fourth-order valence-corrected chi connectivity index (χ4v) is 3.57. The number of para-hydroxylation sites is 1. The van der Waals surface area contributed by atoms with E-state index in [-0.39, 0.29) is 5.92 Å². The molecule has 0 amide bonds. The summed E-state index contributed by atoms with van der Waals surface area (Å²) in [5, 5.41) is 6.73. The maximum absolute atomic E-state index is 13.9. The van der Waals surface area contributed by atoms with E-state index in [2.05, 4.69) is 44.8 Å². The molecule has 0 spiro atoms. The molecule has 1 heterocycles. The molecule has 1 aliphatic rings. The average molecular weight is 386 g/mol. The molecule has 28 heavy (non-hydrogen) atoms. The lowest BCUT2D eigenvalue weighted by Crippen LogP contribution is -2.49. The number of hydrogen-bond acceptors (Lipinski definition) is 2. The van der Waals surface area contributed by atoms with Crippen molar-refractivity contribution in [2.24, 2.45) is 4.99 Å². The molecule has 0 saturated carbocycles. The SMILES string of the molecule is CN=C(NCC(C)c1ccc(F)cc1F)NC1CCN(c2ccccc2)CC1. The minimum atomic E-state index is -0.555. The molecule has 1 fully saturated rings. The molecule has 0 aliphatic carbocycles. The van der Waals surface area contributed by atoms with Gasteiger partial charge in [0.2, 0.25) is 0 Å². The Kier molecular flexibility index (Phi) is 6.85. The fraction of sp³-hybridized carbons (Fsp3) is 0.409. The van der Waals surface area contributed by atoms with Gasteiger partial charge in [-0.25, -0.2) is 8.78 Å². The van der Waals surface area contributed by atoms with Gasteiger partial charge in [0.05, 0.1) is 0 Å². The van der Waals surface area contributed by atoms with Crippen LogP contribution in [0, 0.1) is 11.6 Å². The lowest BCUT2D eigenvalue weighted by molar-refractivity contribution is 0.460. The Bertz CT molecular complexity index is 786. The van der Waals surface area contributed by atoms with E-state index in [9.17, 15) is 8.78 Å². The van der Waals surface area contributed by atoms with Crippen molar-refractivity contribution in [1.82, 2.24) is 10.6 Å². The van der Waals surface area contributed by atoms with Crippen molar-refractivity contribution in [3.63, 3.8) is 0 Å². The van der Waals surface area contributed by atoms with Gasteiger partial charge in [-0.15, -0.1) is 0 Å². The van der Waals surface area contributed by atoms with E-state index in [0.717, 1.165) is 32.0 Å². The third kappa shape index (κ3) is 5.21. The zero-order valence-corrected chi connectivity index (χ0v) is 16.5. The Morgan fingerprint density at radius 1 is 1.14 bits per heavy atom. The van der Waals surface area contributed by atoms with Gasteiger partial charge in [-0.05, 0) is 36.6 Å². The third-order valence-corrected chi connectivity index (χ3v) is 5.25. The first-order valence-corrected chi connectivity index (χ1v) is 9.79. The van der Waals surface area contributed by atoms with Crippen molar-refractivity contribution in [3.8, 4) is 0 Å². The maximum Gasteiger partial charge on any atom is 0.191 e. The standard InChI is InChI=1S/C22H28F2N4/c1-16(20-9-8-17(23)14-21(20)24)15-26-22(25-2)27-18-10-12-28(13-11-18)19-6-4-3-5-7-19/h3-9,14,16,18H,10-13,15H2,1-2H3,(H2,25,26,27). The van der Waals surface area contributed by atoms with Gasteiger partial charge in [-0.2, -0.15) is 0 Å². The summed E-state index contributed by atoms with van der Waals surface area (Å²) in [6.07, 6.45) is 2.05. The normalized spacial score (nSPS) is 16.7. The van der Waals surface area contributed by atoms with Gasteiger partial charge in [0.25, 0.3) is 0 Å². The fourth-order valence-electron chi connectivity index (χ4n) is 3.57. The summed E-state index contributed by atoms with van der Waals surface area (Å²) in [5.41, 5.74) is 1.76. The molecule has 1 atom stereocenters.